The lowest BCUT2D eigenvalue weighted by atomic mass is 10.1. The SMILES string of the molecule is Cc1nc(NC(=O)N2CC(N(C)C)CC2C(N)=O)sc1-c1csc(C2(C)CC2)n1. The number of anilines is 1. The summed E-state index contributed by atoms with van der Waals surface area (Å²) >= 11 is 3.10. The zero-order valence-electron chi connectivity index (χ0n) is 17.1. The van der Waals surface area contributed by atoms with Crippen molar-refractivity contribution < 1.29 is 9.59 Å². The zero-order chi connectivity index (χ0) is 20.9. The standard InChI is InChI=1S/C19H26N6O2S2/c1-10-14(12-9-28-16(22-12)19(2)5-6-19)29-17(21-10)23-18(27)25-8-11(24(3)4)7-13(25)15(20)26/h9,11,13H,5-8H2,1-4H3,(H2,20,26)(H,21,23,27). The van der Waals surface area contributed by atoms with Crippen LogP contribution >= 0.6 is 22.7 Å². The fourth-order valence-corrected chi connectivity index (χ4v) is 5.61. The lowest BCUT2D eigenvalue weighted by Crippen LogP contribution is -2.45. The van der Waals surface area contributed by atoms with Crippen LogP contribution in [0.2, 0.25) is 0 Å². The van der Waals surface area contributed by atoms with Gasteiger partial charge in [0.15, 0.2) is 5.13 Å². The molecule has 8 nitrogen and oxygen atoms in total. The van der Waals surface area contributed by atoms with Crippen LogP contribution < -0.4 is 11.1 Å². The van der Waals surface area contributed by atoms with Crippen LogP contribution in [0, 0.1) is 6.92 Å². The Kier molecular flexibility index (Phi) is 5.12. The number of likely N-dealkylation sites (N-methyl/N-ethyl adjacent to an activating group) is 1. The molecule has 2 aromatic rings. The molecule has 3 amide bonds. The highest BCUT2D eigenvalue weighted by atomic mass is 32.1. The summed E-state index contributed by atoms with van der Waals surface area (Å²) in [4.78, 5) is 38.5. The van der Waals surface area contributed by atoms with Crippen molar-refractivity contribution in [1.82, 2.24) is 19.8 Å². The van der Waals surface area contributed by atoms with Gasteiger partial charge in [-0.3, -0.25) is 10.1 Å². The number of nitrogens with two attached hydrogens (primary N) is 1. The molecule has 1 saturated heterocycles. The maximum Gasteiger partial charge on any atom is 0.324 e. The zero-order valence-corrected chi connectivity index (χ0v) is 18.7. The molecule has 0 radical (unpaired) electrons. The van der Waals surface area contributed by atoms with Crippen LogP contribution in [-0.2, 0) is 10.2 Å². The molecule has 2 unspecified atom stereocenters. The molecule has 3 heterocycles. The number of thiazole rings is 2. The minimum Gasteiger partial charge on any atom is -0.368 e. The molecule has 2 aromatic heterocycles. The van der Waals surface area contributed by atoms with Crippen LogP contribution in [0.25, 0.3) is 10.6 Å². The summed E-state index contributed by atoms with van der Waals surface area (Å²) in [5, 5.41) is 6.59. The van der Waals surface area contributed by atoms with Crippen molar-refractivity contribution in [2.45, 2.75) is 50.6 Å². The van der Waals surface area contributed by atoms with Gasteiger partial charge in [-0.25, -0.2) is 14.8 Å². The first-order valence-electron chi connectivity index (χ1n) is 9.65. The maximum atomic E-state index is 12.8. The molecule has 2 aliphatic rings. The minimum absolute atomic E-state index is 0.101. The van der Waals surface area contributed by atoms with E-state index in [1.165, 1.54) is 34.1 Å². The quantitative estimate of drug-likeness (QED) is 0.753. The van der Waals surface area contributed by atoms with E-state index in [9.17, 15) is 9.59 Å². The molecule has 0 spiro atoms. The Bertz CT molecular complexity index is 948. The van der Waals surface area contributed by atoms with Gasteiger partial charge < -0.3 is 15.5 Å². The van der Waals surface area contributed by atoms with Gasteiger partial charge >= 0.3 is 6.03 Å². The number of aromatic nitrogens is 2. The van der Waals surface area contributed by atoms with Crippen molar-refractivity contribution in [1.29, 1.82) is 0 Å². The van der Waals surface area contributed by atoms with Crippen LogP contribution in [0.5, 0.6) is 0 Å². The summed E-state index contributed by atoms with van der Waals surface area (Å²) < 4.78 is 0. The average molecular weight is 435 g/mol. The number of nitrogens with one attached hydrogen (secondary N) is 1. The Morgan fingerprint density at radius 2 is 2.07 bits per heavy atom. The fraction of sp³-hybridized carbons (Fsp3) is 0.579. The third-order valence-electron chi connectivity index (χ3n) is 5.86. The van der Waals surface area contributed by atoms with Crippen molar-refractivity contribution >= 4 is 39.7 Å². The van der Waals surface area contributed by atoms with E-state index >= 15 is 0 Å². The van der Waals surface area contributed by atoms with Crippen LogP contribution in [-0.4, -0.2) is 64.4 Å². The third-order valence-corrected chi connectivity index (χ3v) is 8.11. The predicted octanol–water partition coefficient (Wildman–Crippen LogP) is 2.65. The van der Waals surface area contributed by atoms with Gasteiger partial charge in [-0.15, -0.1) is 11.3 Å². The number of likely N-dealkylation sites (tertiary alicyclic amines) is 1. The first-order chi connectivity index (χ1) is 13.7. The molecule has 1 aliphatic heterocycles. The van der Waals surface area contributed by atoms with Gasteiger partial charge in [0.05, 0.1) is 21.3 Å². The molecule has 29 heavy (non-hydrogen) atoms. The Morgan fingerprint density at radius 1 is 1.34 bits per heavy atom. The molecule has 10 heteroatoms. The molecule has 156 valence electrons. The largest absolute Gasteiger partial charge is 0.368 e. The summed E-state index contributed by atoms with van der Waals surface area (Å²) in [5.41, 5.74) is 7.52. The Labute approximate surface area is 178 Å². The number of hydrogen-bond donors (Lipinski definition) is 2. The number of aryl methyl sites for hydroxylation is 1. The van der Waals surface area contributed by atoms with Crippen molar-refractivity contribution in [3.8, 4) is 10.6 Å². The summed E-state index contributed by atoms with van der Waals surface area (Å²) in [6, 6.07) is -0.852. The highest BCUT2D eigenvalue weighted by Crippen LogP contribution is 2.49. The predicted molar refractivity (Wildman–Crippen MR) is 115 cm³/mol. The first kappa shape index (κ1) is 20.2. The Hall–Kier alpha value is -2.04. The number of rotatable bonds is 5. The van der Waals surface area contributed by atoms with Gasteiger partial charge in [0.1, 0.15) is 6.04 Å². The highest BCUT2D eigenvalue weighted by molar-refractivity contribution is 7.19. The number of amides is 3. The number of carbonyl (C=O) groups is 2. The van der Waals surface area contributed by atoms with E-state index in [0.717, 1.165) is 16.3 Å². The monoisotopic (exact) mass is 434 g/mol. The van der Waals surface area contributed by atoms with Crippen molar-refractivity contribution in [2.75, 3.05) is 26.0 Å². The van der Waals surface area contributed by atoms with Crippen molar-refractivity contribution in [3.05, 3.63) is 16.1 Å². The Morgan fingerprint density at radius 3 is 2.69 bits per heavy atom. The second kappa shape index (κ2) is 7.33. The van der Waals surface area contributed by atoms with E-state index < -0.39 is 11.9 Å². The van der Waals surface area contributed by atoms with Crippen LogP contribution in [0.1, 0.15) is 36.9 Å². The maximum absolute atomic E-state index is 12.8. The fourth-order valence-electron chi connectivity index (χ4n) is 3.59. The van der Waals surface area contributed by atoms with E-state index in [4.69, 9.17) is 10.7 Å². The molecule has 2 atom stereocenters. The van der Waals surface area contributed by atoms with Gasteiger partial charge in [0.25, 0.3) is 0 Å². The molecule has 1 aliphatic carbocycles. The topological polar surface area (TPSA) is 104 Å². The number of hydrogen-bond acceptors (Lipinski definition) is 7. The van der Waals surface area contributed by atoms with Crippen LogP contribution in [0.3, 0.4) is 0 Å². The van der Waals surface area contributed by atoms with Gasteiger partial charge in [-0.05, 0) is 40.3 Å². The van der Waals surface area contributed by atoms with Gasteiger partial charge in [-0.1, -0.05) is 18.3 Å². The second-order valence-corrected chi connectivity index (χ2v) is 10.2. The normalized spacial score (nSPS) is 22.9. The number of urea groups is 1. The summed E-state index contributed by atoms with van der Waals surface area (Å²) in [6.07, 6.45) is 2.92. The summed E-state index contributed by atoms with van der Waals surface area (Å²) in [5.74, 6) is -0.482. The lowest BCUT2D eigenvalue weighted by Gasteiger charge is -2.22. The van der Waals surface area contributed by atoms with E-state index in [1.807, 2.05) is 25.9 Å². The number of primary amides is 1. The smallest absolute Gasteiger partial charge is 0.324 e. The molecule has 4 rings (SSSR count). The molecule has 0 aromatic carbocycles. The van der Waals surface area contributed by atoms with Crippen molar-refractivity contribution in [2.24, 2.45) is 5.73 Å². The molecular formula is C19H26N6O2S2. The number of nitrogens with zero attached hydrogens (tertiary/aromatic N) is 4. The van der Waals surface area contributed by atoms with E-state index in [1.54, 1.807) is 11.3 Å². The minimum atomic E-state index is -0.608. The first-order valence-corrected chi connectivity index (χ1v) is 11.3. The third kappa shape index (κ3) is 3.88. The van der Waals surface area contributed by atoms with Crippen LogP contribution in [0.4, 0.5) is 9.93 Å². The lowest BCUT2D eigenvalue weighted by molar-refractivity contribution is -0.121. The van der Waals surface area contributed by atoms with E-state index in [2.05, 4.69) is 22.6 Å². The van der Waals surface area contributed by atoms with Crippen molar-refractivity contribution in [3.63, 3.8) is 0 Å². The summed E-state index contributed by atoms with van der Waals surface area (Å²) in [6.45, 7) is 4.62. The van der Waals surface area contributed by atoms with Gasteiger partial charge in [0.2, 0.25) is 5.91 Å². The average Bonchev–Trinajstić information content (AvgIpc) is 3.08. The summed E-state index contributed by atoms with van der Waals surface area (Å²) in [7, 11) is 3.87. The second-order valence-electron chi connectivity index (χ2n) is 8.39. The van der Waals surface area contributed by atoms with Gasteiger partial charge in [-0.2, -0.15) is 0 Å². The molecule has 2 fully saturated rings. The van der Waals surface area contributed by atoms with Crippen LogP contribution in [0.15, 0.2) is 5.38 Å². The van der Waals surface area contributed by atoms with Gasteiger partial charge in [0, 0.05) is 23.4 Å². The molecule has 0 bridgehead atoms. The molecule has 1 saturated carbocycles. The highest BCUT2D eigenvalue weighted by Gasteiger charge is 2.42. The molecular weight excluding hydrogens is 408 g/mol. The molecule has 3 N–H and O–H groups in total. The van der Waals surface area contributed by atoms with E-state index in [0.29, 0.717) is 18.1 Å². The Balaban J connectivity index is 1.50. The number of carbonyl (C=O) groups excluding carboxylic acids is 2. The van der Waals surface area contributed by atoms with E-state index in [-0.39, 0.29) is 17.5 Å².